The first-order valence-corrected chi connectivity index (χ1v) is 19.4. The fraction of sp³-hybridized carbons (Fsp3) is 0.514. The second kappa shape index (κ2) is 13.2. The molecule has 0 spiro atoms. The van der Waals surface area contributed by atoms with Gasteiger partial charge in [0, 0.05) is 48.3 Å². The fourth-order valence-corrected chi connectivity index (χ4v) is 7.20. The molecule has 0 bridgehead atoms. The highest BCUT2D eigenvalue weighted by Gasteiger charge is 2.43. The number of ether oxygens (including phenoxy) is 2. The molecule has 14 heteroatoms. The number of halogens is 1. The maximum atomic E-state index is 16.5. The number of hydrogen-bond donors (Lipinski definition) is 3. The number of nitrogens with one attached hydrogen (secondary N) is 2. The third-order valence-corrected chi connectivity index (χ3v) is 13.9. The van der Waals surface area contributed by atoms with E-state index < -0.39 is 38.0 Å². The van der Waals surface area contributed by atoms with E-state index >= 15 is 4.39 Å². The summed E-state index contributed by atoms with van der Waals surface area (Å²) in [5.41, 5.74) is 0.957. The Kier molecular flexibility index (Phi) is 9.69. The second-order valence-corrected chi connectivity index (χ2v) is 20.0. The molecule has 3 N–H and O–H groups in total. The first kappa shape index (κ1) is 36.0. The molecule has 0 radical (unpaired) electrons. The average Bonchev–Trinajstić information content (AvgIpc) is 2.95. The van der Waals surface area contributed by atoms with Crippen molar-refractivity contribution in [1.82, 2.24) is 9.97 Å². The number of hydrogen-bond acceptors (Lipinski definition) is 8. The fourth-order valence-electron chi connectivity index (χ4n) is 5.82. The molecule has 1 fully saturated rings. The van der Waals surface area contributed by atoms with E-state index in [-0.39, 0.29) is 39.7 Å². The zero-order valence-corrected chi connectivity index (χ0v) is 30.6. The van der Waals surface area contributed by atoms with Gasteiger partial charge in [-0.3, -0.25) is 20.5 Å². The number of pyridine rings is 2. The second-order valence-electron chi connectivity index (χ2n) is 15.3. The van der Waals surface area contributed by atoms with Crippen molar-refractivity contribution in [3.05, 3.63) is 41.6 Å². The SMILES string of the molecule is Cc1c(-c2cc3cc(NC(=O)O[C@H]4C[C@@H](O[Si](C)(C)C(C)(C)C)C4)ncc3c(NC(=O)OC(C)(C)C)c2F)cnc2c1N(C(=O)O)CCC2. The molecule has 3 aromatic rings. The van der Waals surface area contributed by atoms with Crippen molar-refractivity contribution >= 4 is 54.6 Å². The van der Waals surface area contributed by atoms with E-state index in [0.717, 1.165) is 0 Å². The van der Waals surface area contributed by atoms with Crippen molar-refractivity contribution in [1.29, 1.82) is 0 Å². The van der Waals surface area contributed by atoms with Crippen LogP contribution in [0.5, 0.6) is 0 Å². The molecule has 12 nitrogen and oxygen atoms in total. The van der Waals surface area contributed by atoms with E-state index in [1.807, 2.05) is 0 Å². The van der Waals surface area contributed by atoms with Crippen LogP contribution < -0.4 is 15.5 Å². The van der Waals surface area contributed by atoms with Gasteiger partial charge in [-0.15, -0.1) is 0 Å². The Morgan fingerprint density at radius 1 is 0.980 bits per heavy atom. The molecule has 264 valence electrons. The predicted octanol–water partition coefficient (Wildman–Crippen LogP) is 8.62. The van der Waals surface area contributed by atoms with Crippen molar-refractivity contribution in [2.24, 2.45) is 0 Å². The van der Waals surface area contributed by atoms with Gasteiger partial charge in [-0.05, 0) is 81.8 Å². The number of anilines is 3. The number of nitrogens with zero attached hydrogens (tertiary/aromatic N) is 3. The van der Waals surface area contributed by atoms with Gasteiger partial charge < -0.3 is 19.0 Å². The van der Waals surface area contributed by atoms with E-state index in [0.29, 0.717) is 60.1 Å². The van der Waals surface area contributed by atoms with Crippen LogP contribution in [0, 0.1) is 12.7 Å². The predicted molar refractivity (Wildman–Crippen MR) is 188 cm³/mol. The summed E-state index contributed by atoms with van der Waals surface area (Å²) in [4.78, 5) is 47.8. The molecule has 2 aliphatic rings. The number of fused-ring (bicyclic) bond motifs is 2. The highest BCUT2D eigenvalue weighted by Crippen LogP contribution is 2.42. The van der Waals surface area contributed by atoms with Crippen LogP contribution in [0.15, 0.2) is 24.5 Å². The minimum absolute atomic E-state index is 0.0471. The lowest BCUT2D eigenvalue weighted by Crippen LogP contribution is -2.49. The number of amides is 3. The standard InChI is InChI=1S/C35H46FN5O7Si/c1-19-24(17-37-26-11-10-12-41(30(19)26)33(44)45)23-13-20-14-27(38-18-25(20)29(28(23)36)40-32(43)47-34(2,3)4)39-31(42)46-21-15-22(16-21)48-49(8,9)35(5,6)7/h13-14,17-18,21-22H,10-12,15-16H2,1-9H3,(H,40,43)(H,44,45)(H,38,39,42)/t21-,22+. The molecular weight excluding hydrogens is 649 g/mol. The molecule has 49 heavy (non-hydrogen) atoms. The van der Waals surface area contributed by atoms with Gasteiger partial charge in [-0.1, -0.05) is 20.8 Å². The van der Waals surface area contributed by atoms with Crippen LogP contribution in [0.1, 0.15) is 72.1 Å². The summed E-state index contributed by atoms with van der Waals surface area (Å²) >= 11 is 0. The largest absolute Gasteiger partial charge is 0.465 e. The number of aromatic nitrogens is 2. The van der Waals surface area contributed by atoms with Gasteiger partial charge in [-0.25, -0.2) is 23.8 Å². The van der Waals surface area contributed by atoms with Crippen molar-refractivity contribution in [2.45, 2.75) is 110 Å². The molecule has 0 atom stereocenters. The monoisotopic (exact) mass is 695 g/mol. The number of carbonyl (C=O) groups excluding carboxylic acids is 2. The molecule has 0 unspecified atom stereocenters. The van der Waals surface area contributed by atoms with E-state index in [4.69, 9.17) is 13.9 Å². The lowest BCUT2D eigenvalue weighted by molar-refractivity contribution is -0.0243. The molecule has 1 saturated carbocycles. The molecule has 5 rings (SSSR count). The summed E-state index contributed by atoms with van der Waals surface area (Å²) in [6.07, 6.45) is 2.39. The number of carbonyl (C=O) groups is 3. The summed E-state index contributed by atoms with van der Waals surface area (Å²) < 4.78 is 33.9. The van der Waals surface area contributed by atoms with E-state index in [1.54, 1.807) is 39.8 Å². The van der Waals surface area contributed by atoms with Crippen LogP contribution in [-0.2, 0) is 20.3 Å². The first-order valence-electron chi connectivity index (χ1n) is 16.5. The third kappa shape index (κ3) is 7.80. The Labute approximate surface area is 286 Å². The van der Waals surface area contributed by atoms with Crippen molar-refractivity contribution in [3.63, 3.8) is 0 Å². The topological polar surface area (TPSA) is 152 Å². The maximum Gasteiger partial charge on any atom is 0.413 e. The van der Waals surface area contributed by atoms with Gasteiger partial charge in [0.2, 0.25) is 0 Å². The highest BCUT2D eigenvalue weighted by atomic mass is 28.4. The maximum absolute atomic E-state index is 16.5. The van der Waals surface area contributed by atoms with E-state index in [1.165, 1.54) is 17.3 Å². The number of rotatable bonds is 6. The number of carboxylic acid groups (broad SMARTS) is 1. The molecule has 3 amide bonds. The molecule has 1 aliphatic heterocycles. The van der Waals surface area contributed by atoms with Gasteiger partial charge in [-0.2, -0.15) is 0 Å². The summed E-state index contributed by atoms with van der Waals surface area (Å²) in [7, 11) is -1.93. The van der Waals surface area contributed by atoms with Gasteiger partial charge >= 0.3 is 18.3 Å². The number of aryl methyl sites for hydroxylation is 1. The lowest BCUT2D eigenvalue weighted by Gasteiger charge is -2.44. The van der Waals surface area contributed by atoms with E-state index in [2.05, 4.69) is 54.5 Å². The Hall–Kier alpha value is -4.30. The smallest absolute Gasteiger partial charge is 0.413 e. The van der Waals surface area contributed by atoms with Crippen LogP contribution in [0.4, 0.5) is 36.0 Å². The summed E-state index contributed by atoms with van der Waals surface area (Å²) in [5.74, 6) is -0.619. The molecular formula is C35H46FN5O7Si. The van der Waals surface area contributed by atoms with Gasteiger partial charge in [0.15, 0.2) is 14.1 Å². The quantitative estimate of drug-likeness (QED) is 0.215. The van der Waals surface area contributed by atoms with Crippen molar-refractivity contribution < 1.29 is 37.8 Å². The van der Waals surface area contributed by atoms with E-state index in [9.17, 15) is 19.5 Å². The summed E-state index contributed by atoms with van der Waals surface area (Å²) in [6.45, 7) is 18.0. The van der Waals surface area contributed by atoms with Gasteiger partial charge in [0.1, 0.15) is 17.5 Å². The van der Waals surface area contributed by atoms with Crippen molar-refractivity contribution in [2.75, 3.05) is 22.1 Å². The lowest BCUT2D eigenvalue weighted by atomic mass is 9.92. The number of benzene rings is 1. The minimum Gasteiger partial charge on any atom is -0.465 e. The normalized spacial score (nSPS) is 18.0. The first-order chi connectivity index (χ1) is 22.7. The van der Waals surface area contributed by atoms with Gasteiger partial charge in [0.05, 0.1) is 23.2 Å². The van der Waals surface area contributed by atoms with Crippen LogP contribution >= 0.6 is 0 Å². The van der Waals surface area contributed by atoms with Crippen LogP contribution in [0.2, 0.25) is 18.1 Å². The summed E-state index contributed by atoms with van der Waals surface area (Å²) in [6, 6.07) is 3.11. The average molecular weight is 696 g/mol. The van der Waals surface area contributed by atoms with Gasteiger partial charge in [0.25, 0.3) is 0 Å². The van der Waals surface area contributed by atoms with Crippen LogP contribution in [0.3, 0.4) is 0 Å². The Bertz CT molecular complexity index is 1800. The highest BCUT2D eigenvalue weighted by molar-refractivity contribution is 6.74. The Morgan fingerprint density at radius 2 is 1.67 bits per heavy atom. The molecule has 1 aromatic carbocycles. The molecule has 0 saturated heterocycles. The molecule has 2 aromatic heterocycles. The van der Waals surface area contributed by atoms with Crippen LogP contribution in [0.25, 0.3) is 21.9 Å². The Morgan fingerprint density at radius 3 is 2.31 bits per heavy atom. The zero-order chi connectivity index (χ0) is 36.1. The van der Waals surface area contributed by atoms with Crippen LogP contribution in [-0.4, -0.2) is 66.0 Å². The minimum atomic E-state index is -1.93. The zero-order valence-electron chi connectivity index (χ0n) is 29.6. The molecule has 1 aliphatic carbocycles. The molecule has 3 heterocycles. The Balaban J connectivity index is 1.45. The third-order valence-electron chi connectivity index (χ3n) is 9.38. The van der Waals surface area contributed by atoms with Crippen molar-refractivity contribution in [3.8, 4) is 11.1 Å². The summed E-state index contributed by atoms with van der Waals surface area (Å²) in [5, 5.41) is 15.8.